The average molecular weight is 494 g/mol. The molecule has 0 bridgehead atoms. The fraction of sp³-hybridized carbons (Fsp3) is 0.417. The fourth-order valence-corrected chi connectivity index (χ4v) is 4.13. The summed E-state index contributed by atoms with van der Waals surface area (Å²) in [5.41, 5.74) is 0.868. The molecule has 186 valence electrons. The van der Waals surface area contributed by atoms with Gasteiger partial charge in [-0.3, -0.25) is 13.9 Å². The van der Waals surface area contributed by atoms with Gasteiger partial charge in [0.05, 0.1) is 19.1 Å². The minimum atomic E-state index is -3.83. The number of nitrogens with one attached hydrogen (secondary N) is 1. The summed E-state index contributed by atoms with van der Waals surface area (Å²) in [7, 11) is -2.38. The molecule has 2 rings (SSSR count). The van der Waals surface area contributed by atoms with Crippen LogP contribution in [0.1, 0.15) is 32.3 Å². The predicted molar refractivity (Wildman–Crippen MR) is 130 cm³/mol. The summed E-state index contributed by atoms with van der Waals surface area (Å²) in [4.78, 5) is 27.4. The number of nitrogens with zero attached hydrogens (tertiary/aromatic N) is 2. The number of methoxy groups -OCH3 is 1. The molecule has 0 saturated carbocycles. The Kier molecular flexibility index (Phi) is 9.85. The van der Waals surface area contributed by atoms with Gasteiger partial charge in [0.1, 0.15) is 24.2 Å². The van der Waals surface area contributed by atoms with Crippen molar-refractivity contribution in [3.63, 3.8) is 0 Å². The van der Waals surface area contributed by atoms with E-state index in [1.54, 1.807) is 25.1 Å². The number of anilines is 1. The van der Waals surface area contributed by atoms with Crippen molar-refractivity contribution < 1.29 is 27.1 Å². The van der Waals surface area contributed by atoms with Gasteiger partial charge in [-0.1, -0.05) is 31.5 Å². The van der Waals surface area contributed by atoms with Crippen molar-refractivity contribution in [1.82, 2.24) is 10.2 Å². The highest BCUT2D eigenvalue weighted by molar-refractivity contribution is 7.92. The van der Waals surface area contributed by atoms with Crippen LogP contribution in [0, 0.1) is 5.82 Å². The number of unbranched alkanes of at least 4 members (excludes halogenated alkanes) is 1. The first-order valence-electron chi connectivity index (χ1n) is 11.0. The number of sulfonamides is 1. The van der Waals surface area contributed by atoms with Gasteiger partial charge in [-0.2, -0.15) is 0 Å². The Morgan fingerprint density at radius 2 is 1.82 bits per heavy atom. The molecule has 0 aliphatic rings. The molecule has 0 aliphatic carbocycles. The van der Waals surface area contributed by atoms with Gasteiger partial charge >= 0.3 is 0 Å². The zero-order valence-corrected chi connectivity index (χ0v) is 20.8. The van der Waals surface area contributed by atoms with E-state index in [0.29, 0.717) is 17.9 Å². The van der Waals surface area contributed by atoms with Gasteiger partial charge in [0.2, 0.25) is 21.8 Å². The van der Waals surface area contributed by atoms with E-state index in [2.05, 4.69) is 5.32 Å². The van der Waals surface area contributed by atoms with E-state index in [0.717, 1.165) is 23.4 Å². The van der Waals surface area contributed by atoms with Crippen LogP contribution in [0.15, 0.2) is 48.5 Å². The molecule has 1 N–H and O–H groups in total. The number of ether oxygens (including phenoxy) is 1. The number of hydrogen-bond donors (Lipinski definition) is 1. The lowest BCUT2D eigenvalue weighted by molar-refractivity contribution is -0.139. The Morgan fingerprint density at radius 3 is 2.41 bits per heavy atom. The predicted octanol–water partition coefficient (Wildman–Crippen LogP) is 2.93. The van der Waals surface area contributed by atoms with E-state index in [4.69, 9.17) is 4.74 Å². The van der Waals surface area contributed by atoms with Crippen LogP contribution < -0.4 is 14.4 Å². The zero-order chi connectivity index (χ0) is 25.3. The third-order valence-corrected chi connectivity index (χ3v) is 6.42. The molecule has 34 heavy (non-hydrogen) atoms. The Labute approximate surface area is 200 Å². The number of rotatable bonds is 12. The maximum atomic E-state index is 13.4. The van der Waals surface area contributed by atoms with E-state index in [1.165, 1.54) is 42.3 Å². The smallest absolute Gasteiger partial charge is 0.244 e. The van der Waals surface area contributed by atoms with Crippen LogP contribution in [0.5, 0.6) is 5.75 Å². The van der Waals surface area contributed by atoms with Gasteiger partial charge in [0.15, 0.2) is 0 Å². The minimum Gasteiger partial charge on any atom is -0.497 e. The lowest BCUT2D eigenvalue weighted by atomic mass is 10.1. The summed E-state index contributed by atoms with van der Waals surface area (Å²) in [5.74, 6) is -0.911. The summed E-state index contributed by atoms with van der Waals surface area (Å²) >= 11 is 0. The molecule has 0 spiro atoms. The van der Waals surface area contributed by atoms with Crippen LogP contribution in [-0.4, -0.2) is 57.6 Å². The summed E-state index contributed by atoms with van der Waals surface area (Å²) in [6.07, 6.45) is 2.70. The van der Waals surface area contributed by atoms with Gasteiger partial charge < -0.3 is 15.0 Å². The van der Waals surface area contributed by atoms with Crippen molar-refractivity contribution in [3.8, 4) is 5.75 Å². The normalized spacial score (nSPS) is 12.0. The molecule has 0 fully saturated rings. The van der Waals surface area contributed by atoms with Crippen LogP contribution in [0.4, 0.5) is 10.1 Å². The number of benzene rings is 2. The molecule has 0 aliphatic heterocycles. The molecule has 0 radical (unpaired) electrons. The highest BCUT2D eigenvalue weighted by Crippen LogP contribution is 2.23. The Balaban J connectivity index is 2.35. The third kappa shape index (κ3) is 7.72. The molecule has 2 aromatic carbocycles. The van der Waals surface area contributed by atoms with Gasteiger partial charge in [-0.15, -0.1) is 0 Å². The SMILES string of the molecule is CCCCNC(=O)[C@@H](C)N(Cc1ccc(F)cc1)C(=O)CN(c1cccc(OC)c1)S(C)(=O)=O. The van der Waals surface area contributed by atoms with Gasteiger partial charge in [-0.05, 0) is 43.2 Å². The number of carbonyl (C=O) groups is 2. The summed E-state index contributed by atoms with van der Waals surface area (Å²) < 4.78 is 44.6. The highest BCUT2D eigenvalue weighted by atomic mass is 32.2. The van der Waals surface area contributed by atoms with Crippen molar-refractivity contribution in [3.05, 3.63) is 59.9 Å². The molecule has 10 heteroatoms. The topological polar surface area (TPSA) is 96.0 Å². The lowest BCUT2D eigenvalue weighted by Crippen LogP contribution is -2.51. The number of carbonyl (C=O) groups excluding carboxylic acids is 2. The molecular weight excluding hydrogens is 461 g/mol. The van der Waals surface area contributed by atoms with E-state index in [1.807, 2.05) is 6.92 Å². The van der Waals surface area contributed by atoms with E-state index in [9.17, 15) is 22.4 Å². The second-order valence-corrected chi connectivity index (χ2v) is 9.85. The fourth-order valence-electron chi connectivity index (χ4n) is 3.28. The van der Waals surface area contributed by atoms with Crippen LogP contribution in [0.25, 0.3) is 0 Å². The van der Waals surface area contributed by atoms with E-state index >= 15 is 0 Å². The summed E-state index contributed by atoms with van der Waals surface area (Å²) in [5, 5.41) is 2.80. The van der Waals surface area contributed by atoms with Crippen LogP contribution >= 0.6 is 0 Å². The molecule has 2 amide bonds. The number of amides is 2. The first-order chi connectivity index (χ1) is 16.1. The summed E-state index contributed by atoms with van der Waals surface area (Å²) in [6, 6.07) is 11.1. The lowest BCUT2D eigenvalue weighted by Gasteiger charge is -2.31. The zero-order valence-electron chi connectivity index (χ0n) is 20.0. The van der Waals surface area contributed by atoms with Crippen molar-refractivity contribution in [2.75, 3.05) is 30.8 Å². The second kappa shape index (κ2) is 12.4. The van der Waals surface area contributed by atoms with Crippen molar-refractivity contribution in [2.24, 2.45) is 0 Å². The molecule has 8 nitrogen and oxygen atoms in total. The van der Waals surface area contributed by atoms with E-state index < -0.39 is 34.3 Å². The molecule has 1 atom stereocenters. The Morgan fingerprint density at radius 1 is 1.15 bits per heavy atom. The van der Waals surface area contributed by atoms with Gasteiger partial charge in [-0.25, -0.2) is 12.8 Å². The standard InChI is InChI=1S/C24H32FN3O5S/c1-5-6-14-26-24(30)18(2)27(16-19-10-12-20(25)13-11-19)23(29)17-28(34(4,31)32)21-8-7-9-22(15-21)33-3/h7-13,15,18H,5-6,14,16-17H2,1-4H3,(H,26,30)/t18-/m1/s1. The van der Waals surface area contributed by atoms with Crippen molar-refractivity contribution in [2.45, 2.75) is 39.3 Å². The molecule has 0 unspecified atom stereocenters. The first-order valence-corrected chi connectivity index (χ1v) is 12.8. The molecular formula is C24H32FN3O5S. The maximum absolute atomic E-state index is 13.4. The van der Waals surface area contributed by atoms with Crippen LogP contribution in [-0.2, 0) is 26.2 Å². The second-order valence-electron chi connectivity index (χ2n) is 7.94. The molecule has 0 aromatic heterocycles. The number of hydrogen-bond acceptors (Lipinski definition) is 5. The van der Waals surface area contributed by atoms with Gasteiger partial charge in [0.25, 0.3) is 0 Å². The average Bonchev–Trinajstić information content (AvgIpc) is 2.80. The van der Waals surface area contributed by atoms with Crippen molar-refractivity contribution >= 4 is 27.5 Å². The van der Waals surface area contributed by atoms with Gasteiger partial charge in [0, 0.05) is 19.2 Å². The Bertz CT molecular complexity index is 1080. The highest BCUT2D eigenvalue weighted by Gasteiger charge is 2.30. The monoisotopic (exact) mass is 493 g/mol. The van der Waals surface area contributed by atoms with Crippen LogP contribution in [0.3, 0.4) is 0 Å². The largest absolute Gasteiger partial charge is 0.497 e. The summed E-state index contributed by atoms with van der Waals surface area (Å²) in [6.45, 7) is 3.55. The molecule has 2 aromatic rings. The number of halogens is 1. The van der Waals surface area contributed by atoms with Crippen LogP contribution in [0.2, 0.25) is 0 Å². The quantitative estimate of drug-likeness (QED) is 0.459. The minimum absolute atomic E-state index is 0.0111. The maximum Gasteiger partial charge on any atom is 0.244 e. The van der Waals surface area contributed by atoms with Crippen molar-refractivity contribution in [1.29, 1.82) is 0 Å². The molecule has 0 heterocycles. The van der Waals surface area contributed by atoms with E-state index in [-0.39, 0.29) is 18.1 Å². The third-order valence-electron chi connectivity index (χ3n) is 5.28. The first kappa shape index (κ1) is 27.1. The molecule has 0 saturated heterocycles. The Hall–Kier alpha value is -3.14.